The fraction of sp³-hybridized carbons (Fsp3) is 0.333. The maximum atomic E-state index is 12.7. The highest BCUT2D eigenvalue weighted by Gasteiger charge is 2.26. The third kappa shape index (κ3) is 5.23. The number of ether oxygens (including phenoxy) is 2. The van der Waals surface area contributed by atoms with Gasteiger partial charge in [0.2, 0.25) is 5.91 Å². The summed E-state index contributed by atoms with van der Waals surface area (Å²) in [5.41, 5.74) is 6.61. The van der Waals surface area contributed by atoms with Crippen molar-refractivity contribution in [2.24, 2.45) is 5.73 Å². The van der Waals surface area contributed by atoms with Gasteiger partial charge in [-0.25, -0.2) is 0 Å². The number of carbonyl (C=O) groups is 2. The second kappa shape index (κ2) is 9.23. The van der Waals surface area contributed by atoms with Crippen molar-refractivity contribution in [3.8, 4) is 11.5 Å². The number of para-hydroxylation sites is 1. The van der Waals surface area contributed by atoms with E-state index in [0.29, 0.717) is 30.3 Å². The summed E-state index contributed by atoms with van der Waals surface area (Å²) in [5, 5.41) is 0. The Bertz CT molecular complexity index is 812. The molecule has 0 bridgehead atoms. The van der Waals surface area contributed by atoms with Crippen LogP contribution in [0.15, 0.2) is 54.6 Å². The van der Waals surface area contributed by atoms with Crippen LogP contribution in [0.1, 0.15) is 6.42 Å². The summed E-state index contributed by atoms with van der Waals surface area (Å²) in [7, 11) is 1.33. The van der Waals surface area contributed by atoms with Gasteiger partial charge < -0.3 is 25.0 Å². The lowest BCUT2D eigenvalue weighted by molar-refractivity contribution is -0.139. The zero-order valence-corrected chi connectivity index (χ0v) is 15.9. The van der Waals surface area contributed by atoms with Crippen LogP contribution in [0.25, 0.3) is 0 Å². The minimum atomic E-state index is -0.416. The molecule has 7 heteroatoms. The lowest BCUT2D eigenvalue weighted by Gasteiger charge is -2.26. The highest BCUT2D eigenvalue weighted by molar-refractivity contribution is 5.85. The van der Waals surface area contributed by atoms with Gasteiger partial charge in [-0.1, -0.05) is 24.3 Å². The van der Waals surface area contributed by atoms with Gasteiger partial charge in [0.05, 0.1) is 13.7 Å². The number of hydrogen-bond donors (Lipinski definition) is 1. The van der Waals surface area contributed by atoms with Crippen molar-refractivity contribution >= 4 is 17.6 Å². The Labute approximate surface area is 164 Å². The molecule has 2 aromatic carbocycles. The Morgan fingerprint density at radius 1 is 1.11 bits per heavy atom. The Morgan fingerprint density at radius 3 is 2.54 bits per heavy atom. The fourth-order valence-corrected chi connectivity index (χ4v) is 3.10. The number of carbonyl (C=O) groups excluding carboxylic acids is 2. The van der Waals surface area contributed by atoms with E-state index in [-0.39, 0.29) is 25.0 Å². The molecule has 2 aromatic rings. The first-order chi connectivity index (χ1) is 13.5. The maximum absolute atomic E-state index is 12.7. The van der Waals surface area contributed by atoms with Crippen LogP contribution >= 0.6 is 0 Å². The summed E-state index contributed by atoms with van der Waals surface area (Å²) in [6.45, 7) is 1.22. The number of esters is 1. The number of benzene rings is 2. The lowest BCUT2D eigenvalue weighted by atomic mass is 10.2. The molecule has 2 N–H and O–H groups in total. The van der Waals surface area contributed by atoms with Gasteiger partial charge in [-0.2, -0.15) is 0 Å². The van der Waals surface area contributed by atoms with E-state index in [0.717, 1.165) is 6.42 Å². The van der Waals surface area contributed by atoms with Crippen LogP contribution in [0, 0.1) is 0 Å². The van der Waals surface area contributed by atoms with Gasteiger partial charge in [0, 0.05) is 30.9 Å². The van der Waals surface area contributed by atoms with E-state index < -0.39 is 5.97 Å². The lowest BCUT2D eigenvalue weighted by Crippen LogP contribution is -2.42. The molecule has 1 fully saturated rings. The molecule has 0 radical (unpaired) electrons. The van der Waals surface area contributed by atoms with Crippen LogP contribution in [-0.2, 0) is 14.3 Å². The van der Waals surface area contributed by atoms with Gasteiger partial charge >= 0.3 is 5.97 Å². The van der Waals surface area contributed by atoms with Gasteiger partial charge in [0.15, 0.2) is 0 Å². The first-order valence-corrected chi connectivity index (χ1v) is 9.23. The predicted molar refractivity (Wildman–Crippen MR) is 106 cm³/mol. The standard InChI is InChI=1S/C21H25N3O4/c1-27-21(26)15-24(14-20(25)23-11-10-16(22)13-23)17-6-5-9-19(12-17)28-18-7-3-2-4-8-18/h2-9,12,16H,10-11,13-15,22H2,1H3. The van der Waals surface area contributed by atoms with E-state index in [1.54, 1.807) is 15.9 Å². The second-order valence-electron chi connectivity index (χ2n) is 6.73. The van der Waals surface area contributed by atoms with E-state index in [1.807, 2.05) is 48.5 Å². The maximum Gasteiger partial charge on any atom is 0.325 e. The first kappa shape index (κ1) is 19.7. The third-order valence-corrected chi connectivity index (χ3v) is 4.61. The third-order valence-electron chi connectivity index (χ3n) is 4.61. The average Bonchev–Trinajstić information content (AvgIpc) is 3.15. The normalized spacial score (nSPS) is 15.9. The van der Waals surface area contributed by atoms with Crippen LogP contribution in [-0.4, -0.2) is 56.1 Å². The smallest absolute Gasteiger partial charge is 0.325 e. The molecule has 1 heterocycles. The van der Waals surface area contributed by atoms with E-state index in [9.17, 15) is 9.59 Å². The Morgan fingerprint density at radius 2 is 1.86 bits per heavy atom. The SMILES string of the molecule is COC(=O)CN(CC(=O)N1CCC(N)C1)c1cccc(Oc2ccccc2)c1. The van der Waals surface area contributed by atoms with E-state index >= 15 is 0 Å². The van der Waals surface area contributed by atoms with Gasteiger partial charge in [0.25, 0.3) is 0 Å². The number of hydrogen-bond acceptors (Lipinski definition) is 6. The zero-order chi connectivity index (χ0) is 19.9. The molecule has 0 aromatic heterocycles. The van der Waals surface area contributed by atoms with Crippen LogP contribution in [0.5, 0.6) is 11.5 Å². The van der Waals surface area contributed by atoms with Crippen LogP contribution in [0.2, 0.25) is 0 Å². The topological polar surface area (TPSA) is 85.1 Å². The number of rotatable bonds is 7. The fourth-order valence-electron chi connectivity index (χ4n) is 3.10. The summed E-state index contributed by atoms with van der Waals surface area (Å²) in [4.78, 5) is 28.0. The molecule has 1 saturated heterocycles. The number of anilines is 1. The minimum absolute atomic E-state index is 0.0145. The number of amides is 1. The molecule has 3 rings (SSSR count). The van der Waals surface area contributed by atoms with E-state index in [1.165, 1.54) is 7.11 Å². The Kier molecular flexibility index (Phi) is 6.49. The molecule has 7 nitrogen and oxygen atoms in total. The number of nitrogens with two attached hydrogens (primary N) is 1. The van der Waals surface area contributed by atoms with Crippen molar-refractivity contribution in [1.82, 2.24) is 4.90 Å². The molecular formula is C21H25N3O4. The van der Waals surface area contributed by atoms with Crippen molar-refractivity contribution in [3.63, 3.8) is 0 Å². The molecule has 1 unspecified atom stereocenters. The van der Waals surface area contributed by atoms with Gasteiger partial charge in [-0.05, 0) is 30.7 Å². The van der Waals surface area contributed by atoms with Crippen LogP contribution in [0.3, 0.4) is 0 Å². The number of methoxy groups -OCH3 is 1. The molecular weight excluding hydrogens is 358 g/mol. The van der Waals surface area contributed by atoms with Crippen molar-refractivity contribution < 1.29 is 19.1 Å². The highest BCUT2D eigenvalue weighted by atomic mass is 16.5. The molecule has 0 spiro atoms. The Hall–Kier alpha value is -3.06. The molecule has 1 amide bonds. The monoisotopic (exact) mass is 383 g/mol. The predicted octanol–water partition coefficient (Wildman–Crippen LogP) is 2.02. The van der Waals surface area contributed by atoms with Gasteiger partial charge in [0.1, 0.15) is 18.0 Å². The molecule has 148 valence electrons. The Balaban J connectivity index is 1.76. The zero-order valence-electron chi connectivity index (χ0n) is 15.9. The summed E-state index contributed by atoms with van der Waals surface area (Å²) >= 11 is 0. The first-order valence-electron chi connectivity index (χ1n) is 9.23. The number of likely N-dealkylation sites (tertiary alicyclic amines) is 1. The van der Waals surface area contributed by atoms with E-state index in [4.69, 9.17) is 15.2 Å². The molecule has 28 heavy (non-hydrogen) atoms. The molecule has 1 atom stereocenters. The van der Waals surface area contributed by atoms with E-state index in [2.05, 4.69) is 0 Å². The van der Waals surface area contributed by atoms with Crippen molar-refractivity contribution in [3.05, 3.63) is 54.6 Å². The number of nitrogens with zero attached hydrogens (tertiary/aromatic N) is 2. The second-order valence-corrected chi connectivity index (χ2v) is 6.73. The van der Waals surface area contributed by atoms with Gasteiger partial charge in [-0.15, -0.1) is 0 Å². The summed E-state index contributed by atoms with van der Waals surface area (Å²) in [6.07, 6.45) is 0.795. The average molecular weight is 383 g/mol. The minimum Gasteiger partial charge on any atom is -0.468 e. The summed E-state index contributed by atoms with van der Waals surface area (Å²) < 4.78 is 10.7. The largest absolute Gasteiger partial charge is 0.468 e. The van der Waals surface area contributed by atoms with Crippen LogP contribution < -0.4 is 15.4 Å². The molecule has 1 aliphatic heterocycles. The van der Waals surface area contributed by atoms with Crippen molar-refractivity contribution in [1.29, 1.82) is 0 Å². The highest BCUT2D eigenvalue weighted by Crippen LogP contribution is 2.26. The molecule has 0 saturated carbocycles. The summed E-state index contributed by atoms with van der Waals surface area (Å²) in [5.74, 6) is 0.849. The van der Waals surface area contributed by atoms with Crippen molar-refractivity contribution in [2.75, 3.05) is 38.2 Å². The summed E-state index contributed by atoms with van der Waals surface area (Å²) in [6, 6.07) is 16.7. The van der Waals surface area contributed by atoms with Crippen LogP contribution in [0.4, 0.5) is 5.69 Å². The quantitative estimate of drug-likeness (QED) is 0.737. The van der Waals surface area contributed by atoms with Gasteiger partial charge in [-0.3, -0.25) is 9.59 Å². The molecule has 1 aliphatic rings. The molecule has 0 aliphatic carbocycles. The van der Waals surface area contributed by atoms with Crippen molar-refractivity contribution in [2.45, 2.75) is 12.5 Å².